The molecule has 0 N–H and O–H groups in total. The Morgan fingerprint density at radius 3 is 2.53 bits per heavy atom. The fraction of sp³-hybridized carbons (Fsp3) is 0. The van der Waals surface area contributed by atoms with Gasteiger partial charge in [0.05, 0.1) is 5.56 Å². The zero-order chi connectivity index (χ0) is 12.7. The molecule has 0 unspecified atom stereocenters. The van der Waals surface area contributed by atoms with E-state index in [0.29, 0.717) is 0 Å². The Balaban J connectivity index is 2.22. The monoisotopic (exact) mass is 264 g/mol. The van der Waals surface area contributed by atoms with Crippen LogP contribution >= 0.6 is 11.3 Å². The average Bonchev–Trinajstić information content (AvgIpc) is 3.00. The summed E-state index contributed by atoms with van der Waals surface area (Å²) < 4.78 is 4.43. The molecule has 0 bridgehead atoms. The second-order valence-electron chi connectivity index (χ2n) is 4.48. The zero-order valence-corrected chi connectivity index (χ0v) is 11.0. The molecule has 0 amide bonds. The van der Waals surface area contributed by atoms with Crippen LogP contribution in [0.3, 0.4) is 0 Å². The normalized spacial score (nSPS) is 11.2. The average molecular weight is 264 g/mol. The van der Waals surface area contributed by atoms with Crippen LogP contribution in [0, 0.1) is 0 Å². The maximum atomic E-state index is 2.25. The second-order valence-corrected chi connectivity index (χ2v) is 5.26. The number of hydrogen-bond acceptors (Lipinski definition) is 1. The van der Waals surface area contributed by atoms with Crippen molar-refractivity contribution >= 4 is 22.4 Å². The molecule has 0 aromatic carbocycles. The van der Waals surface area contributed by atoms with Crippen LogP contribution in [0.15, 0.2) is 71.8 Å². The van der Waals surface area contributed by atoms with Gasteiger partial charge in [0.25, 0.3) is 16.7 Å². The van der Waals surface area contributed by atoms with Gasteiger partial charge in [-0.25, -0.2) is 0 Å². The van der Waals surface area contributed by atoms with Gasteiger partial charge in [0.15, 0.2) is 12.4 Å². The zero-order valence-electron chi connectivity index (χ0n) is 10.2. The van der Waals surface area contributed by atoms with Crippen molar-refractivity contribution in [2.24, 2.45) is 0 Å². The van der Waals surface area contributed by atoms with Gasteiger partial charge in [0.1, 0.15) is 0 Å². The predicted molar refractivity (Wildman–Crippen MR) is 76.1 cm³/mol. The van der Waals surface area contributed by atoms with Crippen LogP contribution in [-0.4, -0.2) is 0 Å². The molecule has 0 aliphatic heterocycles. The quantitative estimate of drug-likeness (QED) is 0.369. The first-order valence-corrected chi connectivity index (χ1v) is 7.14. The molecule has 4 heterocycles. The molecule has 90 valence electrons. The van der Waals surface area contributed by atoms with Gasteiger partial charge in [-0.2, -0.15) is 15.7 Å². The summed E-state index contributed by atoms with van der Waals surface area (Å²) in [5.41, 5.74) is 4.89. The molecule has 19 heavy (non-hydrogen) atoms. The van der Waals surface area contributed by atoms with Crippen LogP contribution in [0.4, 0.5) is 0 Å². The molecule has 0 radical (unpaired) electrons. The van der Waals surface area contributed by atoms with E-state index in [0.717, 1.165) is 0 Å². The number of rotatable bonds is 1. The van der Waals surface area contributed by atoms with Crippen LogP contribution in [0.5, 0.6) is 0 Å². The van der Waals surface area contributed by atoms with Gasteiger partial charge in [-0.1, -0.05) is 0 Å². The molecule has 0 spiro atoms. The van der Waals surface area contributed by atoms with E-state index in [4.69, 9.17) is 0 Å². The number of pyridine rings is 2. The van der Waals surface area contributed by atoms with E-state index >= 15 is 0 Å². The number of thiophene rings is 1. The summed E-state index contributed by atoms with van der Waals surface area (Å²) in [4.78, 5) is 0. The van der Waals surface area contributed by atoms with E-state index in [1.807, 2.05) is 0 Å². The van der Waals surface area contributed by atoms with Crippen molar-refractivity contribution in [3.05, 3.63) is 71.8 Å². The molecule has 3 heteroatoms. The molecular weight excluding hydrogens is 252 g/mol. The predicted octanol–water partition coefficient (Wildman–Crippen LogP) is 2.89. The van der Waals surface area contributed by atoms with Gasteiger partial charge in [-0.3, -0.25) is 0 Å². The largest absolute Gasteiger partial charge is 0.284 e. The summed E-state index contributed by atoms with van der Waals surface area (Å²) in [6, 6.07) is 14.8. The number of nitrogens with zero attached hydrogens (tertiary/aromatic N) is 2. The van der Waals surface area contributed by atoms with Gasteiger partial charge < -0.3 is 0 Å². The van der Waals surface area contributed by atoms with Crippen molar-refractivity contribution in [2.75, 3.05) is 0 Å². The van der Waals surface area contributed by atoms with Crippen LogP contribution < -0.4 is 8.80 Å². The maximum absolute atomic E-state index is 2.25. The highest BCUT2D eigenvalue weighted by Gasteiger charge is 2.21. The minimum absolute atomic E-state index is 1.21. The van der Waals surface area contributed by atoms with Crippen LogP contribution in [-0.2, 0) is 0 Å². The Morgan fingerprint density at radius 1 is 0.842 bits per heavy atom. The summed E-state index contributed by atoms with van der Waals surface area (Å²) >= 11 is 1.73. The molecule has 0 atom stereocenters. The summed E-state index contributed by atoms with van der Waals surface area (Å²) in [5.74, 6) is 0. The first-order valence-electron chi connectivity index (χ1n) is 6.19. The van der Waals surface area contributed by atoms with Crippen molar-refractivity contribution < 1.29 is 8.80 Å². The lowest BCUT2D eigenvalue weighted by Gasteiger charge is -1.97. The number of hydrogen-bond donors (Lipinski definition) is 0. The van der Waals surface area contributed by atoms with E-state index in [9.17, 15) is 0 Å². The summed E-state index contributed by atoms with van der Waals surface area (Å²) in [7, 11) is 0. The van der Waals surface area contributed by atoms with E-state index < -0.39 is 0 Å². The minimum atomic E-state index is 1.21. The van der Waals surface area contributed by atoms with E-state index in [1.165, 1.54) is 22.3 Å². The fourth-order valence-electron chi connectivity index (χ4n) is 2.47. The Labute approximate surface area is 114 Å². The lowest BCUT2D eigenvalue weighted by Crippen LogP contribution is -2.33. The fourth-order valence-corrected chi connectivity index (χ4v) is 3.12. The molecule has 4 aromatic heterocycles. The maximum Gasteiger partial charge on any atom is 0.284 e. The summed E-state index contributed by atoms with van der Waals surface area (Å²) in [6.45, 7) is 0. The van der Waals surface area contributed by atoms with Crippen molar-refractivity contribution in [3.8, 4) is 11.3 Å². The third-order valence-electron chi connectivity index (χ3n) is 3.35. The van der Waals surface area contributed by atoms with Gasteiger partial charge in [-0.15, -0.1) is 4.40 Å². The molecule has 0 saturated heterocycles. The van der Waals surface area contributed by atoms with Gasteiger partial charge >= 0.3 is 0 Å². The highest BCUT2D eigenvalue weighted by atomic mass is 32.1. The molecule has 0 aliphatic rings. The lowest BCUT2D eigenvalue weighted by atomic mass is 10.2. The SMILES string of the molecule is c1cc[n+]2cc(-c3ccsc3)[n+]3ccccc3c2c1. The lowest BCUT2D eigenvalue weighted by molar-refractivity contribution is -0.556. The highest BCUT2D eigenvalue weighted by Crippen LogP contribution is 2.19. The highest BCUT2D eigenvalue weighted by molar-refractivity contribution is 7.08. The topological polar surface area (TPSA) is 8.20 Å². The number of aromatic nitrogens is 2. The Bertz CT molecular complexity index is 866. The van der Waals surface area contributed by atoms with Crippen LogP contribution in [0.25, 0.3) is 22.3 Å². The molecular formula is C16H12N2S+2. The Kier molecular flexibility index (Phi) is 2.32. The smallest absolute Gasteiger partial charge is 0.155 e. The molecule has 4 rings (SSSR count). The summed E-state index contributed by atoms with van der Waals surface area (Å²) in [5, 5.41) is 4.30. The number of fused-ring (bicyclic) bond motifs is 3. The van der Waals surface area contributed by atoms with Crippen LogP contribution in [0.2, 0.25) is 0 Å². The first-order chi connectivity index (χ1) is 9.43. The Hall–Kier alpha value is -2.26. The Morgan fingerprint density at radius 2 is 1.68 bits per heavy atom. The van der Waals surface area contributed by atoms with E-state index in [2.05, 4.69) is 80.6 Å². The van der Waals surface area contributed by atoms with Gasteiger partial charge in [0, 0.05) is 29.6 Å². The standard InChI is InChI=1S/C16H12N2S/c1-3-8-17-11-16(13-7-10-19-12-13)18-9-4-2-6-15(18)14(17)5-1/h1-12H/q+2. The molecule has 2 nitrogen and oxygen atoms in total. The van der Waals surface area contributed by atoms with E-state index in [1.54, 1.807) is 11.3 Å². The summed E-state index contributed by atoms with van der Waals surface area (Å²) in [6.07, 6.45) is 6.40. The van der Waals surface area contributed by atoms with Gasteiger partial charge in [-0.05, 0) is 23.6 Å². The molecule has 0 saturated carbocycles. The van der Waals surface area contributed by atoms with Crippen LogP contribution in [0.1, 0.15) is 0 Å². The van der Waals surface area contributed by atoms with Crippen molar-refractivity contribution in [1.82, 2.24) is 0 Å². The van der Waals surface area contributed by atoms with Gasteiger partial charge in [0.2, 0.25) is 6.20 Å². The third-order valence-corrected chi connectivity index (χ3v) is 4.03. The molecule has 0 fully saturated rings. The third kappa shape index (κ3) is 1.63. The first kappa shape index (κ1) is 10.6. The van der Waals surface area contributed by atoms with Crippen molar-refractivity contribution in [1.29, 1.82) is 0 Å². The second kappa shape index (κ2) is 4.14. The molecule has 0 aliphatic carbocycles. The van der Waals surface area contributed by atoms with Crippen molar-refractivity contribution in [3.63, 3.8) is 0 Å². The van der Waals surface area contributed by atoms with E-state index in [-0.39, 0.29) is 0 Å². The molecule has 4 aromatic rings. The minimum Gasteiger partial charge on any atom is -0.155 e. The van der Waals surface area contributed by atoms with Crippen molar-refractivity contribution in [2.45, 2.75) is 0 Å².